The first-order valence-electron chi connectivity index (χ1n) is 0. The van der Waals surface area contributed by atoms with E-state index in [-0.39, 0.29) is 66.3 Å². The van der Waals surface area contributed by atoms with Crippen LogP contribution in [-0.2, 0) is 58.9 Å². The first kappa shape index (κ1) is 39.6. The van der Waals surface area contributed by atoms with Crippen LogP contribution in [0.25, 0.3) is 0 Å². The van der Waals surface area contributed by atoms with E-state index in [9.17, 15) is 0 Å². The average molecular weight is 355 g/mol. The van der Waals surface area contributed by atoms with E-state index >= 15 is 0 Å². The molecule has 0 N–H and O–H groups in total. The summed E-state index contributed by atoms with van der Waals surface area (Å²) in [6.45, 7) is 0. The second kappa shape index (κ2) is 20.8. The minimum Gasteiger partial charge on any atom is -0.0776 e. The Labute approximate surface area is 65.8 Å². The van der Waals surface area contributed by atoms with Crippen LogP contribution < -0.4 is 0 Å². The van der Waals surface area contributed by atoms with Crippen LogP contribution in [-0.4, -0.2) is 0 Å². The molecule has 29 valence electrons. The van der Waals surface area contributed by atoms with Crippen molar-refractivity contribution < 1.29 is 58.9 Å². The molecule has 0 aromatic carbocycles. The van der Waals surface area contributed by atoms with Gasteiger partial charge in [-0.25, -0.2) is 0 Å². The van der Waals surface area contributed by atoms with Gasteiger partial charge in [-0.3, -0.25) is 0 Å². The molecule has 0 bridgehead atoms. The fraction of sp³-hybridized carbons (Fsp3) is 1.00. The molecule has 0 unspecified atom stereocenters. The maximum Gasteiger partial charge on any atom is 0 e. The molecule has 0 aromatic rings. The molecule has 0 aromatic heterocycles. The number of hydrogen-bond acceptors (Lipinski definition) is 0. The summed E-state index contributed by atoms with van der Waals surface area (Å²) in [6, 6.07) is 0. The Balaban J connectivity index is 0. The largest absolute Gasteiger partial charge is 0.0776 e. The summed E-state index contributed by atoms with van der Waals surface area (Å²) in [7, 11) is 0. The summed E-state index contributed by atoms with van der Waals surface area (Å²) in [4.78, 5) is 0. The summed E-state index contributed by atoms with van der Waals surface area (Å²) in [5.41, 5.74) is 0. The Morgan fingerprint density at radius 1 is 1.00 bits per heavy atom. The fourth-order valence-electron chi connectivity index (χ4n) is 0. The third-order valence-electron chi connectivity index (χ3n) is 0. The number of hydrogen-bond donors (Lipinski definition) is 0. The standard InChI is InChI=1S/CH4.Co.Mo.W/h1H4;;;. The predicted octanol–water partition coefficient (Wildman–Crippen LogP) is 0.629. The van der Waals surface area contributed by atoms with E-state index < -0.39 is 0 Å². The molecule has 0 rings (SSSR count). The summed E-state index contributed by atoms with van der Waals surface area (Å²) in [6.07, 6.45) is 0. The van der Waals surface area contributed by atoms with Gasteiger partial charge in [-0.2, -0.15) is 0 Å². The molecule has 0 aliphatic heterocycles. The molecule has 0 spiro atoms. The van der Waals surface area contributed by atoms with Crippen molar-refractivity contribution in [3.05, 3.63) is 0 Å². The van der Waals surface area contributed by atoms with Crippen molar-refractivity contribution in [3.63, 3.8) is 0 Å². The maximum absolute atomic E-state index is 0. The van der Waals surface area contributed by atoms with Crippen LogP contribution >= 0.6 is 0 Å². The molecule has 0 aliphatic rings. The van der Waals surface area contributed by atoms with Crippen LogP contribution in [0.3, 0.4) is 0 Å². The van der Waals surface area contributed by atoms with E-state index in [1.165, 1.54) is 0 Å². The van der Waals surface area contributed by atoms with Crippen molar-refractivity contribution in [2.45, 2.75) is 7.43 Å². The smallest absolute Gasteiger partial charge is 0 e. The molecule has 0 saturated carbocycles. The Bertz CT molecular complexity index is 8.00. The van der Waals surface area contributed by atoms with E-state index in [1.807, 2.05) is 0 Å². The van der Waals surface area contributed by atoms with Gasteiger partial charge in [0.05, 0.1) is 0 Å². The number of rotatable bonds is 0. The van der Waals surface area contributed by atoms with E-state index in [1.54, 1.807) is 0 Å². The summed E-state index contributed by atoms with van der Waals surface area (Å²) >= 11 is 0. The summed E-state index contributed by atoms with van der Waals surface area (Å²) in [5, 5.41) is 0. The summed E-state index contributed by atoms with van der Waals surface area (Å²) in [5.74, 6) is 0. The Morgan fingerprint density at radius 3 is 1.00 bits per heavy atom. The molecule has 3 heteroatoms. The minimum atomic E-state index is 0. The normalized spacial score (nSPS) is 0. The van der Waals surface area contributed by atoms with Crippen LogP contribution in [0, 0.1) is 0 Å². The van der Waals surface area contributed by atoms with Crippen molar-refractivity contribution in [1.29, 1.82) is 0 Å². The van der Waals surface area contributed by atoms with Gasteiger partial charge in [0, 0.05) is 58.9 Å². The zero-order valence-electron chi connectivity index (χ0n) is 1.15. The van der Waals surface area contributed by atoms with Crippen LogP contribution in [0.15, 0.2) is 0 Å². The molecule has 0 heterocycles. The third kappa shape index (κ3) is 9.10. The van der Waals surface area contributed by atoms with Gasteiger partial charge in [0.15, 0.2) is 0 Å². The van der Waals surface area contributed by atoms with Crippen LogP contribution in [0.4, 0.5) is 0 Å². The Morgan fingerprint density at radius 2 is 1.00 bits per heavy atom. The molecule has 0 atom stereocenters. The van der Waals surface area contributed by atoms with Crippen molar-refractivity contribution in [1.82, 2.24) is 0 Å². The van der Waals surface area contributed by atoms with Crippen LogP contribution in [0.2, 0.25) is 0 Å². The van der Waals surface area contributed by atoms with Gasteiger partial charge in [-0.15, -0.1) is 0 Å². The SMILES string of the molecule is C.[Co].[Mo].[W]. The minimum absolute atomic E-state index is 0. The molecule has 0 saturated heterocycles. The van der Waals surface area contributed by atoms with Gasteiger partial charge >= 0.3 is 0 Å². The van der Waals surface area contributed by atoms with E-state index in [0.717, 1.165) is 0 Å². The fourth-order valence-corrected chi connectivity index (χ4v) is 0. The Kier molecular flexibility index (Phi) is 205. The zero-order chi connectivity index (χ0) is 0. The first-order chi connectivity index (χ1) is 0. The van der Waals surface area contributed by atoms with Gasteiger partial charge in [0.2, 0.25) is 0 Å². The van der Waals surface area contributed by atoms with Gasteiger partial charge in [-0.1, -0.05) is 7.43 Å². The molecule has 1 radical (unpaired) electrons. The van der Waals surface area contributed by atoms with Gasteiger partial charge in [0.25, 0.3) is 0 Å². The van der Waals surface area contributed by atoms with E-state index in [0.29, 0.717) is 0 Å². The third-order valence-corrected chi connectivity index (χ3v) is 0. The molecule has 0 nitrogen and oxygen atoms in total. The van der Waals surface area contributed by atoms with Gasteiger partial charge < -0.3 is 0 Å². The molecule has 4 heavy (non-hydrogen) atoms. The van der Waals surface area contributed by atoms with E-state index in [2.05, 4.69) is 0 Å². The monoisotopic (exact) mass is 357 g/mol. The van der Waals surface area contributed by atoms with Crippen molar-refractivity contribution >= 4 is 0 Å². The van der Waals surface area contributed by atoms with Crippen molar-refractivity contribution in [2.75, 3.05) is 0 Å². The Hall–Kier alpha value is 1.88. The van der Waals surface area contributed by atoms with Crippen LogP contribution in [0.5, 0.6) is 0 Å². The molecule has 0 aliphatic carbocycles. The van der Waals surface area contributed by atoms with Crippen LogP contribution in [0.1, 0.15) is 7.43 Å². The summed E-state index contributed by atoms with van der Waals surface area (Å²) < 4.78 is 0. The maximum atomic E-state index is 0. The van der Waals surface area contributed by atoms with Crippen molar-refractivity contribution in [2.24, 2.45) is 0 Å². The molecular weight excluding hydrogens is 351 g/mol. The molecule has 0 fully saturated rings. The predicted molar refractivity (Wildman–Crippen MR) is 6.73 cm³/mol. The van der Waals surface area contributed by atoms with Crippen molar-refractivity contribution in [3.8, 4) is 0 Å². The van der Waals surface area contributed by atoms with E-state index in [4.69, 9.17) is 0 Å². The second-order valence-electron chi connectivity index (χ2n) is 0. The molecular formula is CH4CoMoW. The quantitative estimate of drug-likeness (QED) is 0.560. The second-order valence-corrected chi connectivity index (χ2v) is 0. The van der Waals surface area contributed by atoms with Gasteiger partial charge in [-0.05, 0) is 0 Å². The zero-order valence-corrected chi connectivity index (χ0v) is 7.13. The van der Waals surface area contributed by atoms with Gasteiger partial charge in [0.1, 0.15) is 0 Å². The molecule has 0 amide bonds. The average Bonchev–Trinajstić information content (AvgIpc) is 0. The topological polar surface area (TPSA) is 0 Å². The first-order valence-corrected chi connectivity index (χ1v) is 0.